The van der Waals surface area contributed by atoms with Gasteiger partial charge in [-0.05, 0) is 40.9 Å². The van der Waals surface area contributed by atoms with Crippen molar-refractivity contribution in [2.75, 3.05) is 26.7 Å². The fraction of sp³-hybridized carbons (Fsp3) is 0.429. The van der Waals surface area contributed by atoms with Crippen molar-refractivity contribution in [3.8, 4) is 0 Å². The molecule has 1 aliphatic rings. The van der Waals surface area contributed by atoms with Crippen LogP contribution in [0.25, 0.3) is 0 Å². The molecule has 0 spiro atoms. The summed E-state index contributed by atoms with van der Waals surface area (Å²) in [5.41, 5.74) is 0.401. The maximum atomic E-state index is 12.3. The first-order valence-electron chi connectivity index (χ1n) is 6.48. The number of benzene rings is 1. The molecule has 20 heavy (non-hydrogen) atoms. The predicted octanol–water partition coefficient (Wildman–Crippen LogP) is 2.80. The third-order valence-electron chi connectivity index (χ3n) is 3.36. The second-order valence-corrected chi connectivity index (χ2v) is 6.08. The molecular formula is C14H16BrClN2O2. The average Bonchev–Trinajstić information content (AvgIpc) is 2.95. The summed E-state index contributed by atoms with van der Waals surface area (Å²) >= 11 is 9.40. The summed E-state index contributed by atoms with van der Waals surface area (Å²) in [7, 11) is 1.62. The number of halogens is 2. The highest BCUT2D eigenvalue weighted by Gasteiger charge is 2.23. The lowest BCUT2D eigenvalue weighted by Gasteiger charge is -2.21. The minimum absolute atomic E-state index is 0.00975. The van der Waals surface area contributed by atoms with E-state index in [0.29, 0.717) is 15.1 Å². The average molecular weight is 360 g/mol. The summed E-state index contributed by atoms with van der Waals surface area (Å²) in [6, 6.07) is 5.18. The number of nitrogens with zero attached hydrogens (tertiary/aromatic N) is 2. The topological polar surface area (TPSA) is 40.6 Å². The van der Waals surface area contributed by atoms with E-state index in [-0.39, 0.29) is 18.4 Å². The fourth-order valence-corrected chi connectivity index (χ4v) is 2.79. The molecule has 0 N–H and O–H groups in total. The maximum absolute atomic E-state index is 12.3. The summed E-state index contributed by atoms with van der Waals surface area (Å²) in [6.07, 6.45) is 2.09. The molecule has 0 unspecified atom stereocenters. The highest BCUT2D eigenvalue weighted by atomic mass is 79.9. The number of hydrogen-bond acceptors (Lipinski definition) is 2. The molecule has 1 aromatic carbocycles. The number of amides is 2. The Balaban J connectivity index is 2.04. The van der Waals surface area contributed by atoms with E-state index in [4.69, 9.17) is 11.6 Å². The molecule has 1 aromatic rings. The molecule has 0 radical (unpaired) electrons. The number of likely N-dealkylation sites (tertiary alicyclic amines) is 1. The first-order valence-corrected chi connectivity index (χ1v) is 7.65. The first-order chi connectivity index (χ1) is 9.50. The first kappa shape index (κ1) is 15.3. The van der Waals surface area contributed by atoms with Crippen molar-refractivity contribution in [1.82, 2.24) is 9.80 Å². The minimum atomic E-state index is -0.246. The van der Waals surface area contributed by atoms with Crippen molar-refractivity contribution < 1.29 is 9.59 Å². The predicted molar refractivity (Wildman–Crippen MR) is 81.9 cm³/mol. The van der Waals surface area contributed by atoms with Crippen LogP contribution in [0.15, 0.2) is 22.7 Å². The van der Waals surface area contributed by atoms with Gasteiger partial charge in [-0.25, -0.2) is 0 Å². The van der Waals surface area contributed by atoms with E-state index in [9.17, 15) is 9.59 Å². The molecule has 0 bridgehead atoms. The van der Waals surface area contributed by atoms with Gasteiger partial charge in [0.2, 0.25) is 5.91 Å². The van der Waals surface area contributed by atoms with Crippen molar-refractivity contribution in [2.45, 2.75) is 12.8 Å². The van der Waals surface area contributed by atoms with Gasteiger partial charge in [0.15, 0.2) is 0 Å². The molecule has 1 heterocycles. The summed E-state index contributed by atoms with van der Waals surface area (Å²) in [4.78, 5) is 27.6. The number of likely N-dealkylation sites (N-methyl/N-ethyl adjacent to an activating group) is 1. The van der Waals surface area contributed by atoms with Crippen LogP contribution in [0.3, 0.4) is 0 Å². The molecule has 0 atom stereocenters. The number of hydrogen-bond donors (Lipinski definition) is 0. The molecule has 2 rings (SSSR count). The standard InChI is InChI=1S/C14H16BrClN2O2/c1-17(9-12(19)18-7-2-3-8-18)14(20)10-5-4-6-11(15)13(10)16/h4-6H,2-3,7-9H2,1H3. The van der Waals surface area contributed by atoms with Gasteiger partial charge in [0.05, 0.1) is 17.1 Å². The van der Waals surface area contributed by atoms with Gasteiger partial charge < -0.3 is 9.80 Å². The van der Waals surface area contributed by atoms with Crippen molar-refractivity contribution in [2.24, 2.45) is 0 Å². The Bertz CT molecular complexity index is 530. The Morgan fingerprint density at radius 1 is 1.35 bits per heavy atom. The molecule has 2 amide bonds. The van der Waals surface area contributed by atoms with Crippen molar-refractivity contribution in [3.05, 3.63) is 33.3 Å². The van der Waals surface area contributed by atoms with E-state index >= 15 is 0 Å². The monoisotopic (exact) mass is 358 g/mol. The maximum Gasteiger partial charge on any atom is 0.255 e. The quantitative estimate of drug-likeness (QED) is 0.832. The summed E-state index contributed by atoms with van der Waals surface area (Å²) in [6.45, 7) is 1.67. The van der Waals surface area contributed by atoms with E-state index in [1.54, 1.807) is 30.1 Å². The zero-order valence-corrected chi connectivity index (χ0v) is 13.6. The Kier molecular flexibility index (Phi) is 5.05. The second kappa shape index (κ2) is 6.59. The lowest BCUT2D eigenvalue weighted by Crippen LogP contribution is -2.39. The molecule has 1 aliphatic heterocycles. The van der Waals surface area contributed by atoms with E-state index in [2.05, 4.69) is 15.9 Å². The fourth-order valence-electron chi connectivity index (χ4n) is 2.22. The zero-order valence-electron chi connectivity index (χ0n) is 11.2. The molecule has 0 aromatic heterocycles. The van der Waals surface area contributed by atoms with Gasteiger partial charge in [-0.3, -0.25) is 9.59 Å². The van der Waals surface area contributed by atoms with Gasteiger partial charge >= 0.3 is 0 Å². The molecule has 4 nitrogen and oxygen atoms in total. The minimum Gasteiger partial charge on any atom is -0.341 e. The van der Waals surface area contributed by atoms with Crippen molar-refractivity contribution in [3.63, 3.8) is 0 Å². The van der Waals surface area contributed by atoms with Gasteiger partial charge in [0.1, 0.15) is 0 Å². The largest absolute Gasteiger partial charge is 0.341 e. The Labute approximate surface area is 131 Å². The smallest absolute Gasteiger partial charge is 0.255 e. The second-order valence-electron chi connectivity index (χ2n) is 4.85. The van der Waals surface area contributed by atoms with E-state index in [1.807, 2.05) is 0 Å². The molecule has 0 aliphatic carbocycles. The number of carbonyl (C=O) groups is 2. The Morgan fingerprint density at radius 2 is 2.00 bits per heavy atom. The third kappa shape index (κ3) is 3.33. The van der Waals surface area contributed by atoms with Crippen LogP contribution in [0.2, 0.25) is 5.02 Å². The summed E-state index contributed by atoms with van der Waals surface area (Å²) in [5, 5.41) is 0.373. The van der Waals surface area contributed by atoms with Crippen LogP contribution in [0, 0.1) is 0 Å². The lowest BCUT2D eigenvalue weighted by molar-refractivity contribution is -0.130. The molecule has 6 heteroatoms. The summed E-state index contributed by atoms with van der Waals surface area (Å²) in [5.74, 6) is -0.256. The Morgan fingerprint density at radius 3 is 2.65 bits per heavy atom. The normalized spacial score (nSPS) is 14.4. The highest BCUT2D eigenvalue weighted by molar-refractivity contribution is 9.10. The summed E-state index contributed by atoms with van der Waals surface area (Å²) < 4.78 is 0.671. The zero-order chi connectivity index (χ0) is 14.7. The van der Waals surface area contributed by atoms with Gasteiger partial charge in [0, 0.05) is 24.6 Å². The van der Waals surface area contributed by atoms with E-state index in [0.717, 1.165) is 25.9 Å². The van der Waals surface area contributed by atoms with Gasteiger partial charge in [-0.15, -0.1) is 0 Å². The van der Waals surface area contributed by atoms with E-state index < -0.39 is 0 Å². The molecular weight excluding hydrogens is 344 g/mol. The highest BCUT2D eigenvalue weighted by Crippen LogP contribution is 2.26. The number of carbonyl (C=O) groups excluding carboxylic acids is 2. The van der Waals surface area contributed by atoms with Crippen molar-refractivity contribution >= 4 is 39.3 Å². The van der Waals surface area contributed by atoms with Crippen LogP contribution < -0.4 is 0 Å². The number of rotatable bonds is 3. The van der Waals surface area contributed by atoms with Gasteiger partial charge in [-0.2, -0.15) is 0 Å². The van der Waals surface area contributed by atoms with Gasteiger partial charge in [-0.1, -0.05) is 17.7 Å². The molecule has 1 saturated heterocycles. The lowest BCUT2D eigenvalue weighted by atomic mass is 10.2. The van der Waals surface area contributed by atoms with Crippen LogP contribution in [0.4, 0.5) is 0 Å². The molecule has 108 valence electrons. The van der Waals surface area contributed by atoms with Gasteiger partial charge in [0.25, 0.3) is 5.91 Å². The van der Waals surface area contributed by atoms with Crippen LogP contribution in [0.1, 0.15) is 23.2 Å². The van der Waals surface area contributed by atoms with Crippen LogP contribution in [0.5, 0.6) is 0 Å². The van der Waals surface area contributed by atoms with Crippen molar-refractivity contribution in [1.29, 1.82) is 0 Å². The van der Waals surface area contributed by atoms with Crippen LogP contribution in [-0.4, -0.2) is 48.3 Å². The van der Waals surface area contributed by atoms with Crippen LogP contribution in [-0.2, 0) is 4.79 Å². The SMILES string of the molecule is CN(CC(=O)N1CCCC1)C(=O)c1cccc(Br)c1Cl. The molecule has 1 fully saturated rings. The Hall–Kier alpha value is -1.07. The van der Waals surface area contributed by atoms with Crippen LogP contribution >= 0.6 is 27.5 Å². The third-order valence-corrected chi connectivity index (χ3v) is 4.66. The van der Waals surface area contributed by atoms with E-state index in [1.165, 1.54) is 4.90 Å². The molecule has 0 saturated carbocycles.